The number of aliphatic imine (C=N–C) groups is 1. The van der Waals surface area contributed by atoms with Gasteiger partial charge in [-0.3, -0.25) is 0 Å². The average molecular weight is 491 g/mol. The zero-order valence-corrected chi connectivity index (χ0v) is 19.1. The average Bonchev–Trinajstić information content (AvgIpc) is 2.65. The summed E-state index contributed by atoms with van der Waals surface area (Å²) in [6, 6.07) is 7.92. The minimum absolute atomic E-state index is 0. The van der Waals surface area contributed by atoms with Crippen LogP contribution in [0.15, 0.2) is 41.4 Å². The van der Waals surface area contributed by atoms with Gasteiger partial charge in [0.15, 0.2) is 5.96 Å². The summed E-state index contributed by atoms with van der Waals surface area (Å²) >= 11 is 0. The van der Waals surface area contributed by atoms with E-state index in [1.165, 1.54) is 0 Å². The Morgan fingerprint density at radius 2 is 1.78 bits per heavy atom. The number of nitrogens with one attached hydrogen (secondary N) is 2. The number of hydrogen-bond acceptors (Lipinski definition) is 4. The second-order valence-corrected chi connectivity index (χ2v) is 5.93. The number of ether oxygens (including phenoxy) is 3. The van der Waals surface area contributed by atoms with E-state index in [0.29, 0.717) is 26.3 Å². The highest BCUT2D eigenvalue weighted by Gasteiger charge is 2.00. The van der Waals surface area contributed by atoms with Crippen molar-refractivity contribution < 1.29 is 14.2 Å². The molecule has 1 aromatic carbocycles. The summed E-state index contributed by atoms with van der Waals surface area (Å²) in [6.07, 6.45) is 0.934. The lowest BCUT2D eigenvalue weighted by molar-refractivity contribution is 0.145. The van der Waals surface area contributed by atoms with Gasteiger partial charge in [-0.15, -0.1) is 24.0 Å². The molecule has 2 N–H and O–H groups in total. The predicted octanol–water partition coefficient (Wildman–Crippen LogP) is 3.37. The van der Waals surface area contributed by atoms with Gasteiger partial charge in [0.25, 0.3) is 0 Å². The van der Waals surface area contributed by atoms with Crippen molar-refractivity contribution in [3.05, 3.63) is 42.0 Å². The van der Waals surface area contributed by atoms with E-state index < -0.39 is 0 Å². The zero-order valence-electron chi connectivity index (χ0n) is 16.8. The second-order valence-electron chi connectivity index (χ2n) is 5.93. The first-order chi connectivity index (χ1) is 12.7. The Balaban J connectivity index is 0.00000676. The second kappa shape index (κ2) is 16.8. The van der Waals surface area contributed by atoms with Gasteiger partial charge in [-0.25, -0.2) is 4.99 Å². The van der Waals surface area contributed by atoms with Crippen molar-refractivity contribution in [1.82, 2.24) is 10.6 Å². The largest absolute Gasteiger partial charge is 0.497 e. The maximum atomic E-state index is 5.51. The Morgan fingerprint density at radius 1 is 1.07 bits per heavy atom. The number of hydrogen-bond donors (Lipinski definition) is 2. The van der Waals surface area contributed by atoms with E-state index in [1.54, 1.807) is 7.11 Å². The van der Waals surface area contributed by atoms with E-state index in [9.17, 15) is 0 Å². The molecule has 0 heterocycles. The smallest absolute Gasteiger partial charge is 0.191 e. The van der Waals surface area contributed by atoms with E-state index in [2.05, 4.69) is 22.2 Å². The first-order valence-electron chi connectivity index (χ1n) is 9.10. The van der Waals surface area contributed by atoms with Crippen molar-refractivity contribution in [3.63, 3.8) is 0 Å². The zero-order chi connectivity index (χ0) is 19.0. The maximum absolute atomic E-state index is 5.51. The molecule has 1 rings (SSSR count). The Hall–Kier alpha value is -1.32. The van der Waals surface area contributed by atoms with Crippen molar-refractivity contribution in [2.24, 2.45) is 4.99 Å². The van der Waals surface area contributed by atoms with Crippen LogP contribution in [0.5, 0.6) is 5.75 Å². The van der Waals surface area contributed by atoms with Crippen LogP contribution in [0.1, 0.15) is 25.8 Å². The van der Waals surface area contributed by atoms with Crippen molar-refractivity contribution in [3.8, 4) is 5.75 Å². The summed E-state index contributed by atoms with van der Waals surface area (Å²) < 4.78 is 16.1. The van der Waals surface area contributed by atoms with Gasteiger partial charge in [0, 0.05) is 26.3 Å². The van der Waals surface area contributed by atoms with Crippen LogP contribution in [-0.4, -0.2) is 52.6 Å². The van der Waals surface area contributed by atoms with Crippen LogP contribution < -0.4 is 15.4 Å². The molecule has 0 spiro atoms. The molecule has 0 atom stereocenters. The van der Waals surface area contributed by atoms with Gasteiger partial charge >= 0.3 is 0 Å². The minimum Gasteiger partial charge on any atom is -0.497 e. The Labute approximate surface area is 180 Å². The van der Waals surface area contributed by atoms with E-state index in [4.69, 9.17) is 14.2 Å². The first-order valence-corrected chi connectivity index (χ1v) is 9.10. The highest BCUT2D eigenvalue weighted by molar-refractivity contribution is 14.0. The van der Waals surface area contributed by atoms with Crippen molar-refractivity contribution >= 4 is 29.9 Å². The van der Waals surface area contributed by atoms with Crippen LogP contribution in [0.4, 0.5) is 0 Å². The third-order valence-electron chi connectivity index (χ3n) is 3.43. The number of guanidine groups is 1. The number of rotatable bonds is 13. The Bertz CT molecular complexity index is 536. The summed E-state index contributed by atoms with van der Waals surface area (Å²) in [7, 11) is 1.66. The van der Waals surface area contributed by atoms with Gasteiger partial charge in [-0.2, -0.15) is 0 Å². The molecule has 0 bridgehead atoms. The van der Waals surface area contributed by atoms with Gasteiger partial charge in [0.2, 0.25) is 0 Å². The number of methoxy groups -OCH3 is 1. The lowest BCUT2D eigenvalue weighted by Gasteiger charge is -2.13. The normalized spacial score (nSPS) is 10.9. The predicted molar refractivity (Wildman–Crippen MR) is 122 cm³/mol. The van der Waals surface area contributed by atoms with Gasteiger partial charge in [0.05, 0.1) is 26.9 Å². The molecule has 7 heteroatoms. The summed E-state index contributed by atoms with van der Waals surface area (Å²) in [5.41, 5.74) is 2.15. The number of halogens is 1. The third kappa shape index (κ3) is 13.5. The van der Waals surface area contributed by atoms with Crippen LogP contribution in [0.25, 0.3) is 0 Å². The molecule has 0 saturated carbocycles. The van der Waals surface area contributed by atoms with Crippen LogP contribution in [-0.2, 0) is 16.0 Å². The highest BCUT2D eigenvalue weighted by atomic mass is 127. The molecule has 0 aliphatic carbocycles. The molecule has 154 valence electrons. The Morgan fingerprint density at radius 3 is 2.41 bits per heavy atom. The standard InChI is InChI=1S/C20H33N3O3.HI/c1-5-25-13-6-11-21-20(22-12-14-26-16-17(2)3)23-15-18-7-9-19(24-4)10-8-18;/h7-10H,2,5-6,11-16H2,1,3-4H3,(H2,21,22,23);1H. The van der Waals surface area contributed by atoms with Crippen LogP contribution in [0.2, 0.25) is 0 Å². The van der Waals surface area contributed by atoms with Crippen molar-refractivity contribution in [2.45, 2.75) is 26.8 Å². The van der Waals surface area contributed by atoms with Crippen LogP contribution in [0.3, 0.4) is 0 Å². The highest BCUT2D eigenvalue weighted by Crippen LogP contribution is 2.11. The van der Waals surface area contributed by atoms with E-state index in [0.717, 1.165) is 49.0 Å². The van der Waals surface area contributed by atoms with Gasteiger partial charge in [-0.1, -0.05) is 24.3 Å². The fraction of sp³-hybridized carbons (Fsp3) is 0.550. The molecule has 0 saturated heterocycles. The topological polar surface area (TPSA) is 64.1 Å². The maximum Gasteiger partial charge on any atom is 0.191 e. The lowest BCUT2D eigenvalue weighted by atomic mass is 10.2. The molecule has 0 aliphatic heterocycles. The molecule has 0 amide bonds. The minimum atomic E-state index is 0. The molecular weight excluding hydrogens is 457 g/mol. The Kier molecular flexibility index (Phi) is 16.0. The van der Waals surface area contributed by atoms with E-state index in [1.807, 2.05) is 38.1 Å². The first kappa shape index (κ1) is 25.7. The fourth-order valence-electron chi connectivity index (χ4n) is 2.09. The van der Waals surface area contributed by atoms with Crippen LogP contribution >= 0.6 is 24.0 Å². The molecular formula is C20H34IN3O3. The van der Waals surface area contributed by atoms with Gasteiger partial charge in [0.1, 0.15) is 5.75 Å². The summed E-state index contributed by atoms with van der Waals surface area (Å²) in [6.45, 7) is 12.6. The van der Waals surface area contributed by atoms with Crippen molar-refractivity contribution in [2.75, 3.05) is 46.6 Å². The van der Waals surface area contributed by atoms with E-state index in [-0.39, 0.29) is 24.0 Å². The molecule has 0 fully saturated rings. The lowest BCUT2D eigenvalue weighted by Crippen LogP contribution is -2.39. The summed E-state index contributed by atoms with van der Waals surface area (Å²) in [5.74, 6) is 1.62. The SMILES string of the molecule is C=C(C)COCCNC(=NCc1ccc(OC)cc1)NCCCOCC.I. The molecule has 1 aromatic rings. The molecule has 0 unspecified atom stereocenters. The fourth-order valence-corrected chi connectivity index (χ4v) is 2.09. The van der Waals surface area contributed by atoms with Gasteiger partial charge in [-0.05, 0) is 38.0 Å². The molecule has 0 aromatic heterocycles. The molecule has 0 aliphatic rings. The number of benzene rings is 1. The molecule has 27 heavy (non-hydrogen) atoms. The molecule has 0 radical (unpaired) electrons. The van der Waals surface area contributed by atoms with Crippen LogP contribution in [0, 0.1) is 0 Å². The summed E-state index contributed by atoms with van der Waals surface area (Å²) in [5, 5.41) is 6.63. The quantitative estimate of drug-likeness (QED) is 0.146. The molecule has 6 nitrogen and oxygen atoms in total. The summed E-state index contributed by atoms with van der Waals surface area (Å²) in [4.78, 5) is 4.64. The van der Waals surface area contributed by atoms with Gasteiger partial charge < -0.3 is 24.8 Å². The van der Waals surface area contributed by atoms with Crippen molar-refractivity contribution in [1.29, 1.82) is 0 Å². The third-order valence-corrected chi connectivity index (χ3v) is 3.43. The number of nitrogens with zero attached hydrogens (tertiary/aromatic N) is 1. The monoisotopic (exact) mass is 491 g/mol. The van der Waals surface area contributed by atoms with E-state index >= 15 is 0 Å².